The smallest absolute Gasteiger partial charge is 0.413 e. The van der Waals surface area contributed by atoms with E-state index in [0.29, 0.717) is 40.9 Å². The summed E-state index contributed by atoms with van der Waals surface area (Å²) in [7, 11) is -11.9. The molecule has 6 aromatic rings. The molecular formula is C38H34N3O7P3. The van der Waals surface area contributed by atoms with Crippen LogP contribution in [0.2, 0.25) is 0 Å². The summed E-state index contributed by atoms with van der Waals surface area (Å²) in [6.07, 6.45) is 0.314. The van der Waals surface area contributed by atoms with Crippen molar-refractivity contribution >= 4 is 23.0 Å². The number of hydrogen-bond donors (Lipinski definition) is 1. The van der Waals surface area contributed by atoms with Crippen molar-refractivity contribution in [2.45, 2.75) is 6.42 Å². The lowest BCUT2D eigenvalue weighted by atomic mass is 10.1. The Labute approximate surface area is 297 Å². The summed E-state index contributed by atoms with van der Waals surface area (Å²) >= 11 is 0. The van der Waals surface area contributed by atoms with E-state index in [1.165, 1.54) is 0 Å². The number of nitrogens with zero attached hydrogens (tertiary/aromatic N) is 3. The van der Waals surface area contributed by atoms with Gasteiger partial charge >= 0.3 is 23.0 Å². The minimum absolute atomic E-state index is 0.106. The first-order chi connectivity index (χ1) is 25.0. The molecule has 0 radical (unpaired) electrons. The van der Waals surface area contributed by atoms with E-state index >= 15 is 0 Å². The summed E-state index contributed by atoms with van der Waals surface area (Å²) in [6.45, 7) is -0.106. The molecular weight excluding hydrogens is 703 g/mol. The molecule has 13 heteroatoms. The highest BCUT2D eigenvalue weighted by atomic mass is 31.3. The number of aliphatic hydroxyl groups is 1. The molecule has 0 spiro atoms. The van der Waals surface area contributed by atoms with Gasteiger partial charge in [0, 0.05) is 6.61 Å². The zero-order valence-electron chi connectivity index (χ0n) is 27.2. The Morgan fingerprint density at radius 1 is 0.353 bits per heavy atom. The highest BCUT2D eigenvalue weighted by Crippen LogP contribution is 2.78. The van der Waals surface area contributed by atoms with Crippen LogP contribution in [-0.4, -0.2) is 11.7 Å². The van der Waals surface area contributed by atoms with Crippen LogP contribution in [0, 0.1) is 0 Å². The summed E-state index contributed by atoms with van der Waals surface area (Å²) in [6, 6.07) is 53.1. The van der Waals surface area contributed by atoms with Crippen LogP contribution in [0.5, 0.6) is 34.5 Å². The normalized spacial score (nSPS) is 17.0. The van der Waals surface area contributed by atoms with E-state index in [1.54, 1.807) is 66.7 Å². The second-order valence-electron chi connectivity index (χ2n) is 10.9. The fourth-order valence-corrected chi connectivity index (χ4v) is 14.0. The van der Waals surface area contributed by atoms with Crippen LogP contribution in [0.25, 0.3) is 0 Å². The summed E-state index contributed by atoms with van der Waals surface area (Å²) in [5, 5.41) is 9.96. The van der Waals surface area contributed by atoms with Gasteiger partial charge in [-0.05, 0) is 78.7 Å². The predicted octanol–water partition coefficient (Wildman–Crippen LogP) is 11.8. The average molecular weight is 738 g/mol. The summed E-state index contributed by atoms with van der Waals surface area (Å²) < 4.78 is 56.4. The molecule has 6 aromatic carbocycles. The van der Waals surface area contributed by atoms with Gasteiger partial charge in [-0.15, -0.1) is 0 Å². The summed E-state index contributed by atoms with van der Waals surface area (Å²) in [4.78, 5) is 0. The van der Waals surface area contributed by atoms with E-state index in [2.05, 4.69) is 0 Å². The molecule has 0 fully saturated rings. The Balaban J connectivity index is 1.57. The Morgan fingerprint density at radius 3 is 0.941 bits per heavy atom. The first-order valence-electron chi connectivity index (χ1n) is 16.1. The van der Waals surface area contributed by atoms with Crippen molar-refractivity contribution < 1.29 is 32.2 Å². The number of para-hydroxylation sites is 6. The lowest BCUT2D eigenvalue weighted by Crippen LogP contribution is -2.11. The van der Waals surface area contributed by atoms with Crippen molar-refractivity contribution in [3.63, 3.8) is 0 Å². The Bertz CT molecular complexity index is 2030. The largest absolute Gasteiger partial charge is 0.460 e. The van der Waals surface area contributed by atoms with Gasteiger partial charge in [-0.1, -0.05) is 123 Å². The van der Waals surface area contributed by atoms with Crippen molar-refractivity contribution in [3.05, 3.63) is 181 Å². The van der Waals surface area contributed by atoms with Crippen LogP contribution in [0.1, 0.15) is 5.56 Å². The van der Waals surface area contributed by atoms with Gasteiger partial charge < -0.3 is 32.2 Å². The summed E-state index contributed by atoms with van der Waals surface area (Å²) in [5.74, 6) is 2.58. The SMILES string of the molecule is OCCc1ccccc1OP1(Oc2ccccc2)=NP(Oc2ccccc2)(Oc2ccccc2)=NP(Oc2ccccc2)(Oc2ccccc2)=N1. The van der Waals surface area contributed by atoms with Crippen LogP contribution in [0.3, 0.4) is 0 Å². The lowest BCUT2D eigenvalue weighted by molar-refractivity contribution is 0.298. The molecule has 0 aliphatic carbocycles. The van der Waals surface area contributed by atoms with E-state index in [1.807, 2.05) is 109 Å². The zero-order chi connectivity index (χ0) is 34.8. The second kappa shape index (κ2) is 15.8. The van der Waals surface area contributed by atoms with E-state index in [9.17, 15) is 5.11 Å². The fourth-order valence-electron chi connectivity index (χ4n) is 4.90. The van der Waals surface area contributed by atoms with Crippen LogP contribution in [0.4, 0.5) is 0 Å². The zero-order valence-corrected chi connectivity index (χ0v) is 29.9. The molecule has 1 heterocycles. The van der Waals surface area contributed by atoms with Gasteiger partial charge in [-0.2, -0.15) is 0 Å². The van der Waals surface area contributed by atoms with Crippen LogP contribution in [-0.2, 0) is 6.42 Å². The molecule has 0 aromatic heterocycles. The molecule has 1 aliphatic heterocycles. The van der Waals surface area contributed by atoms with Crippen molar-refractivity contribution in [3.8, 4) is 34.5 Å². The quantitative estimate of drug-likeness (QED) is 0.111. The third-order valence-electron chi connectivity index (χ3n) is 7.09. The van der Waals surface area contributed by atoms with E-state index in [0.717, 1.165) is 5.56 Å². The van der Waals surface area contributed by atoms with Crippen LogP contribution < -0.4 is 27.1 Å². The third kappa shape index (κ3) is 8.75. The number of hydrogen-bond acceptors (Lipinski definition) is 10. The molecule has 1 N–H and O–H groups in total. The molecule has 7 rings (SSSR count). The van der Waals surface area contributed by atoms with E-state index < -0.39 is 23.0 Å². The van der Waals surface area contributed by atoms with Crippen LogP contribution >= 0.6 is 23.0 Å². The highest BCUT2D eigenvalue weighted by Gasteiger charge is 2.49. The molecule has 258 valence electrons. The number of rotatable bonds is 14. The average Bonchev–Trinajstić information content (AvgIpc) is 3.14. The number of benzene rings is 6. The summed E-state index contributed by atoms with van der Waals surface area (Å²) in [5.41, 5.74) is 0.720. The van der Waals surface area contributed by atoms with Crippen molar-refractivity contribution in [2.75, 3.05) is 6.61 Å². The second-order valence-corrected chi connectivity index (χ2v) is 17.1. The van der Waals surface area contributed by atoms with Gasteiger partial charge in [-0.25, -0.2) is 0 Å². The molecule has 0 saturated carbocycles. The maximum Gasteiger partial charge on any atom is 0.460 e. The topological polar surface area (TPSA) is 113 Å². The fraction of sp³-hybridized carbons (Fsp3) is 0.0526. The molecule has 1 aliphatic rings. The Morgan fingerprint density at radius 2 is 0.627 bits per heavy atom. The molecule has 51 heavy (non-hydrogen) atoms. The molecule has 0 bridgehead atoms. The predicted molar refractivity (Wildman–Crippen MR) is 201 cm³/mol. The third-order valence-corrected chi connectivity index (χ3v) is 15.2. The van der Waals surface area contributed by atoms with Gasteiger partial charge in [0.05, 0.1) is 0 Å². The standard InChI is InChI=1S/C38H34N3O7P3/c42-31-30-32-18-16-17-29-38(32)48-51(47-37-27-14-5-15-28-37)40-49(43-33-19-6-1-7-20-33,44-34-21-8-2-9-22-34)39-50(41-51,45-35-23-10-3-11-24-35)46-36-25-12-4-13-26-36/h1-29,42H,30-31H2. The van der Waals surface area contributed by atoms with E-state index in [-0.39, 0.29) is 6.61 Å². The molecule has 10 nitrogen and oxygen atoms in total. The van der Waals surface area contributed by atoms with Gasteiger partial charge in [-0.3, -0.25) is 0 Å². The van der Waals surface area contributed by atoms with Gasteiger partial charge in [0.25, 0.3) is 0 Å². The van der Waals surface area contributed by atoms with Crippen molar-refractivity contribution in [1.82, 2.24) is 0 Å². The van der Waals surface area contributed by atoms with Gasteiger partial charge in [0.15, 0.2) is 0 Å². The first-order valence-corrected chi connectivity index (χ1v) is 20.7. The minimum Gasteiger partial charge on any atom is -0.413 e. The van der Waals surface area contributed by atoms with Gasteiger partial charge in [0.1, 0.15) is 34.5 Å². The van der Waals surface area contributed by atoms with Crippen molar-refractivity contribution in [2.24, 2.45) is 13.5 Å². The molecule has 0 saturated heterocycles. The lowest BCUT2D eigenvalue weighted by Gasteiger charge is -2.33. The Hall–Kier alpha value is -5.23. The Kier molecular flexibility index (Phi) is 10.6. The molecule has 0 amide bonds. The van der Waals surface area contributed by atoms with Crippen LogP contribution in [0.15, 0.2) is 189 Å². The first kappa shape index (κ1) is 34.2. The van der Waals surface area contributed by atoms with E-state index in [4.69, 9.17) is 40.7 Å². The maximum absolute atomic E-state index is 9.96. The minimum atomic E-state index is -4.00. The number of aliphatic hydroxyl groups excluding tert-OH is 1. The monoisotopic (exact) mass is 737 g/mol. The van der Waals surface area contributed by atoms with Gasteiger partial charge in [0.2, 0.25) is 0 Å². The molecule has 1 unspecified atom stereocenters. The highest BCUT2D eigenvalue weighted by molar-refractivity contribution is 7.79. The maximum atomic E-state index is 9.96. The van der Waals surface area contributed by atoms with Crippen molar-refractivity contribution in [1.29, 1.82) is 0 Å². The molecule has 1 atom stereocenters.